The Hall–Kier alpha value is -2.36. The summed E-state index contributed by atoms with van der Waals surface area (Å²) >= 11 is 0. The zero-order chi connectivity index (χ0) is 20.5. The summed E-state index contributed by atoms with van der Waals surface area (Å²) in [4.78, 5) is 24.7. The van der Waals surface area contributed by atoms with Crippen molar-refractivity contribution in [1.29, 1.82) is 0 Å². The van der Waals surface area contributed by atoms with Crippen molar-refractivity contribution in [3.05, 3.63) is 60.7 Å². The Balaban J connectivity index is 2.37. The van der Waals surface area contributed by atoms with Gasteiger partial charge in [-0.25, -0.2) is 9.59 Å². The van der Waals surface area contributed by atoms with E-state index in [2.05, 4.69) is 13.2 Å². The summed E-state index contributed by atoms with van der Waals surface area (Å²) in [5.41, 5.74) is 0.537. The van der Waals surface area contributed by atoms with Crippen molar-refractivity contribution in [3.63, 3.8) is 0 Å². The van der Waals surface area contributed by atoms with Gasteiger partial charge < -0.3 is 9.47 Å². The van der Waals surface area contributed by atoms with Crippen LogP contribution in [0.2, 0.25) is 0 Å². The first kappa shape index (κ1) is 23.7. The molecule has 0 unspecified atom stereocenters. The first-order valence-corrected chi connectivity index (χ1v) is 10.4. The fourth-order valence-corrected chi connectivity index (χ4v) is 2.81. The lowest BCUT2D eigenvalue weighted by Crippen LogP contribution is -2.15. The SMILES string of the molecule is C=CCCCCCCOC(=O)c1ccccc1C(=O)OCCCCCCC=C. The fourth-order valence-electron chi connectivity index (χ4n) is 2.81. The maximum atomic E-state index is 12.3. The Labute approximate surface area is 169 Å². The minimum Gasteiger partial charge on any atom is -0.462 e. The zero-order valence-corrected chi connectivity index (χ0v) is 17.0. The maximum absolute atomic E-state index is 12.3. The number of hydrogen-bond donors (Lipinski definition) is 0. The van der Waals surface area contributed by atoms with E-state index in [1.807, 2.05) is 12.2 Å². The van der Waals surface area contributed by atoms with Crippen molar-refractivity contribution in [2.24, 2.45) is 0 Å². The molecule has 1 rings (SSSR count). The number of unbranched alkanes of at least 4 members (excludes halogenated alkanes) is 8. The highest BCUT2D eigenvalue weighted by Gasteiger charge is 2.18. The van der Waals surface area contributed by atoms with E-state index in [1.54, 1.807) is 24.3 Å². The molecule has 4 heteroatoms. The molecule has 0 aliphatic rings. The van der Waals surface area contributed by atoms with Gasteiger partial charge in [-0.05, 0) is 50.7 Å². The molecule has 0 aliphatic carbocycles. The summed E-state index contributed by atoms with van der Waals surface area (Å²) < 4.78 is 10.7. The van der Waals surface area contributed by atoms with Crippen LogP contribution >= 0.6 is 0 Å². The molecule has 28 heavy (non-hydrogen) atoms. The fraction of sp³-hybridized carbons (Fsp3) is 0.500. The summed E-state index contributed by atoms with van der Waals surface area (Å²) in [5.74, 6) is -0.939. The molecule has 0 spiro atoms. The van der Waals surface area contributed by atoms with E-state index in [4.69, 9.17) is 9.47 Å². The van der Waals surface area contributed by atoms with Crippen molar-refractivity contribution in [1.82, 2.24) is 0 Å². The quantitative estimate of drug-likeness (QED) is 0.191. The smallest absolute Gasteiger partial charge is 0.339 e. The molecule has 0 aromatic heterocycles. The summed E-state index contributed by atoms with van der Waals surface area (Å²) in [6.07, 6.45) is 13.9. The highest BCUT2D eigenvalue weighted by molar-refractivity contribution is 6.03. The number of carbonyl (C=O) groups excluding carboxylic acids is 2. The van der Waals surface area contributed by atoms with Crippen molar-refractivity contribution >= 4 is 11.9 Å². The molecule has 0 radical (unpaired) electrons. The maximum Gasteiger partial charge on any atom is 0.339 e. The van der Waals surface area contributed by atoms with Gasteiger partial charge in [0.05, 0.1) is 24.3 Å². The molecule has 0 amide bonds. The van der Waals surface area contributed by atoms with Gasteiger partial charge in [0.2, 0.25) is 0 Å². The van der Waals surface area contributed by atoms with E-state index in [1.165, 1.54) is 0 Å². The molecule has 0 bridgehead atoms. The number of rotatable bonds is 16. The van der Waals surface area contributed by atoms with Crippen molar-refractivity contribution in [3.8, 4) is 0 Å². The molecule has 4 nitrogen and oxygen atoms in total. The minimum atomic E-state index is -0.469. The number of ether oxygens (including phenoxy) is 2. The second-order valence-corrected chi connectivity index (χ2v) is 6.80. The van der Waals surface area contributed by atoms with Crippen LogP contribution in [0.3, 0.4) is 0 Å². The predicted molar refractivity (Wildman–Crippen MR) is 114 cm³/mol. The van der Waals surface area contributed by atoms with E-state index in [0.717, 1.165) is 64.2 Å². The zero-order valence-electron chi connectivity index (χ0n) is 17.0. The van der Waals surface area contributed by atoms with Crippen LogP contribution in [0.15, 0.2) is 49.6 Å². The highest BCUT2D eigenvalue weighted by atomic mass is 16.5. The number of esters is 2. The molecule has 0 saturated heterocycles. The Kier molecular flexibility index (Phi) is 13.3. The van der Waals surface area contributed by atoms with Gasteiger partial charge in [0.1, 0.15) is 0 Å². The number of benzene rings is 1. The van der Waals surface area contributed by atoms with Crippen LogP contribution in [-0.4, -0.2) is 25.2 Å². The second kappa shape index (κ2) is 15.7. The van der Waals surface area contributed by atoms with Crippen LogP contribution in [0.25, 0.3) is 0 Å². The van der Waals surface area contributed by atoms with Crippen molar-refractivity contribution < 1.29 is 19.1 Å². The normalized spacial score (nSPS) is 10.3. The van der Waals surface area contributed by atoms with Gasteiger partial charge in [-0.1, -0.05) is 50.0 Å². The first-order chi connectivity index (χ1) is 13.7. The van der Waals surface area contributed by atoms with Crippen LogP contribution in [0, 0.1) is 0 Å². The van der Waals surface area contributed by atoms with E-state index >= 15 is 0 Å². The Morgan fingerprint density at radius 2 is 1.07 bits per heavy atom. The van der Waals surface area contributed by atoms with Crippen molar-refractivity contribution in [2.45, 2.75) is 64.2 Å². The van der Waals surface area contributed by atoms with Gasteiger partial charge in [0, 0.05) is 0 Å². The predicted octanol–water partition coefficient (Wildman–Crippen LogP) is 6.27. The molecule has 0 fully saturated rings. The Morgan fingerprint density at radius 3 is 1.46 bits per heavy atom. The van der Waals surface area contributed by atoms with E-state index in [9.17, 15) is 9.59 Å². The molecular formula is C24H34O4. The third-order valence-electron chi connectivity index (χ3n) is 4.44. The van der Waals surface area contributed by atoms with E-state index < -0.39 is 11.9 Å². The average molecular weight is 387 g/mol. The standard InChI is InChI=1S/C24H34O4/c1-3-5-7-9-11-15-19-27-23(25)21-17-13-14-18-22(21)24(26)28-20-16-12-10-8-6-4-2/h3-4,13-14,17-18H,1-2,5-12,15-16,19-20H2. The summed E-state index contributed by atoms with van der Waals surface area (Å²) in [6.45, 7) is 8.13. The van der Waals surface area contributed by atoms with Gasteiger partial charge in [-0.3, -0.25) is 0 Å². The minimum absolute atomic E-state index is 0.269. The summed E-state index contributed by atoms with van der Waals surface area (Å²) in [7, 11) is 0. The topological polar surface area (TPSA) is 52.6 Å². The van der Waals surface area contributed by atoms with Crippen molar-refractivity contribution in [2.75, 3.05) is 13.2 Å². The molecule has 0 heterocycles. The van der Waals surface area contributed by atoms with Gasteiger partial charge in [-0.2, -0.15) is 0 Å². The lowest BCUT2D eigenvalue weighted by Gasteiger charge is -2.10. The highest BCUT2D eigenvalue weighted by Crippen LogP contribution is 2.13. The molecule has 0 atom stereocenters. The second-order valence-electron chi connectivity index (χ2n) is 6.80. The first-order valence-electron chi connectivity index (χ1n) is 10.4. The Bertz CT molecular complexity index is 553. The van der Waals surface area contributed by atoms with Gasteiger partial charge in [-0.15, -0.1) is 13.2 Å². The van der Waals surface area contributed by atoms with Gasteiger partial charge in [0.25, 0.3) is 0 Å². The number of carbonyl (C=O) groups is 2. The average Bonchev–Trinajstić information content (AvgIpc) is 2.72. The molecule has 1 aromatic rings. The number of hydrogen-bond acceptors (Lipinski definition) is 4. The monoisotopic (exact) mass is 386 g/mol. The molecule has 1 aromatic carbocycles. The van der Waals surface area contributed by atoms with Crippen LogP contribution in [-0.2, 0) is 9.47 Å². The Morgan fingerprint density at radius 1 is 0.679 bits per heavy atom. The summed E-state index contributed by atoms with van der Waals surface area (Å²) in [6, 6.07) is 6.67. The largest absolute Gasteiger partial charge is 0.462 e. The van der Waals surface area contributed by atoms with Crippen LogP contribution in [0.5, 0.6) is 0 Å². The summed E-state index contributed by atoms with van der Waals surface area (Å²) in [5, 5.41) is 0. The molecule has 0 aliphatic heterocycles. The lowest BCUT2D eigenvalue weighted by molar-refractivity contribution is 0.0450. The lowest BCUT2D eigenvalue weighted by atomic mass is 10.1. The van der Waals surface area contributed by atoms with E-state index in [-0.39, 0.29) is 11.1 Å². The number of allylic oxidation sites excluding steroid dienone is 2. The van der Waals surface area contributed by atoms with Gasteiger partial charge in [0.15, 0.2) is 0 Å². The molecule has 0 saturated carbocycles. The molecule has 0 N–H and O–H groups in total. The molecule has 154 valence electrons. The third-order valence-corrected chi connectivity index (χ3v) is 4.44. The van der Waals surface area contributed by atoms with Gasteiger partial charge >= 0.3 is 11.9 Å². The van der Waals surface area contributed by atoms with Crippen LogP contribution in [0.1, 0.15) is 84.9 Å². The van der Waals surface area contributed by atoms with Crippen LogP contribution < -0.4 is 0 Å². The third kappa shape index (κ3) is 10.1. The molecular weight excluding hydrogens is 352 g/mol. The van der Waals surface area contributed by atoms with E-state index in [0.29, 0.717) is 13.2 Å². The van der Waals surface area contributed by atoms with Crippen LogP contribution in [0.4, 0.5) is 0 Å².